The van der Waals surface area contributed by atoms with Gasteiger partial charge in [-0.15, -0.1) is 0 Å². The van der Waals surface area contributed by atoms with Crippen LogP contribution >= 0.6 is 11.6 Å². The van der Waals surface area contributed by atoms with E-state index in [4.69, 9.17) is 16.3 Å². The van der Waals surface area contributed by atoms with Gasteiger partial charge in [-0.3, -0.25) is 0 Å². The number of hydrogen-bond acceptors (Lipinski definition) is 4. The zero-order valence-corrected chi connectivity index (χ0v) is 13.2. The van der Waals surface area contributed by atoms with E-state index in [0.717, 1.165) is 0 Å². The Morgan fingerprint density at radius 3 is 2.70 bits per heavy atom. The summed E-state index contributed by atoms with van der Waals surface area (Å²) < 4.78 is 44.3. The van der Waals surface area contributed by atoms with E-state index in [-0.39, 0.29) is 5.95 Å². The molecule has 1 atom stereocenters. The van der Waals surface area contributed by atoms with E-state index in [1.165, 1.54) is 0 Å². The molecular weight excluding hydrogens is 331 g/mol. The van der Waals surface area contributed by atoms with Crippen LogP contribution in [0.25, 0.3) is 0 Å². The summed E-state index contributed by atoms with van der Waals surface area (Å²) in [6.45, 7) is 3.48. The van der Waals surface area contributed by atoms with Crippen molar-refractivity contribution < 1.29 is 17.9 Å². The summed E-state index contributed by atoms with van der Waals surface area (Å²) >= 11 is 5.86. The molecule has 2 rings (SSSR count). The summed E-state index contributed by atoms with van der Waals surface area (Å²) in [7, 11) is 0. The second-order valence-electron chi connectivity index (χ2n) is 4.88. The minimum absolute atomic E-state index is 0.00132. The highest BCUT2D eigenvalue weighted by molar-refractivity contribution is 6.30. The van der Waals surface area contributed by atoms with Crippen LogP contribution in [0.1, 0.15) is 25.8 Å². The van der Waals surface area contributed by atoms with Gasteiger partial charge >= 0.3 is 6.18 Å². The van der Waals surface area contributed by atoms with Crippen LogP contribution in [0.15, 0.2) is 30.5 Å². The average Bonchev–Trinajstić information content (AvgIpc) is 2.46. The quantitative estimate of drug-likeness (QED) is 0.821. The van der Waals surface area contributed by atoms with E-state index in [9.17, 15) is 13.2 Å². The van der Waals surface area contributed by atoms with Crippen LogP contribution in [0.3, 0.4) is 0 Å². The number of halogens is 4. The summed E-state index contributed by atoms with van der Waals surface area (Å²) in [6.07, 6.45) is -3.72. The summed E-state index contributed by atoms with van der Waals surface area (Å²) in [6, 6.07) is 6.68. The molecular formula is C15H15ClF3N3O. The van der Waals surface area contributed by atoms with E-state index in [1.54, 1.807) is 31.2 Å². The molecule has 124 valence electrons. The van der Waals surface area contributed by atoms with E-state index in [1.807, 2.05) is 6.92 Å². The molecule has 0 fully saturated rings. The van der Waals surface area contributed by atoms with Gasteiger partial charge in [-0.05, 0) is 31.5 Å². The van der Waals surface area contributed by atoms with Crippen molar-refractivity contribution in [3.05, 3.63) is 41.0 Å². The van der Waals surface area contributed by atoms with Gasteiger partial charge in [0.25, 0.3) is 0 Å². The minimum atomic E-state index is -4.59. The van der Waals surface area contributed by atoms with Crippen molar-refractivity contribution in [2.24, 2.45) is 0 Å². The maximum Gasteiger partial charge on any atom is 0.423 e. The van der Waals surface area contributed by atoms with Crippen LogP contribution in [0.2, 0.25) is 5.02 Å². The number of benzene rings is 1. The molecule has 1 heterocycles. The first-order valence-corrected chi connectivity index (χ1v) is 7.31. The standard InChI is InChI=1S/C15H15ClF3N3O/c1-3-9(2)23-13-12(15(17,18)19)8-20-14(22-13)21-11-6-4-5-10(16)7-11/h4-9H,3H2,1-2H3,(H,20,21,22). The fraction of sp³-hybridized carbons (Fsp3) is 0.333. The number of anilines is 2. The first kappa shape index (κ1) is 17.3. The Kier molecular flexibility index (Phi) is 5.30. The lowest BCUT2D eigenvalue weighted by Gasteiger charge is -2.17. The van der Waals surface area contributed by atoms with E-state index >= 15 is 0 Å². The molecule has 0 aliphatic carbocycles. The summed E-state index contributed by atoms with van der Waals surface area (Å²) in [5, 5.41) is 3.29. The van der Waals surface area contributed by atoms with E-state index in [2.05, 4.69) is 15.3 Å². The monoisotopic (exact) mass is 345 g/mol. The van der Waals surface area contributed by atoms with Gasteiger partial charge in [0.05, 0.1) is 6.10 Å². The summed E-state index contributed by atoms with van der Waals surface area (Å²) in [4.78, 5) is 7.54. The van der Waals surface area contributed by atoms with Gasteiger partial charge in [0.15, 0.2) is 0 Å². The fourth-order valence-corrected chi connectivity index (χ4v) is 1.87. The van der Waals surface area contributed by atoms with Crippen molar-refractivity contribution in [2.75, 3.05) is 5.32 Å². The summed E-state index contributed by atoms with van der Waals surface area (Å²) in [5.74, 6) is -0.495. The lowest BCUT2D eigenvalue weighted by Crippen LogP contribution is -2.17. The average molecular weight is 346 g/mol. The first-order chi connectivity index (χ1) is 10.8. The Hall–Kier alpha value is -2.02. The molecule has 0 aliphatic heterocycles. The van der Waals surface area contributed by atoms with Crippen LogP contribution in [0, 0.1) is 0 Å². The molecule has 2 aromatic rings. The van der Waals surface area contributed by atoms with Crippen molar-refractivity contribution in [1.82, 2.24) is 9.97 Å². The highest BCUT2D eigenvalue weighted by Gasteiger charge is 2.36. The molecule has 0 radical (unpaired) electrons. The number of rotatable bonds is 5. The Balaban J connectivity index is 2.33. The van der Waals surface area contributed by atoms with Gasteiger partial charge in [-0.1, -0.05) is 24.6 Å². The van der Waals surface area contributed by atoms with Gasteiger partial charge in [0, 0.05) is 16.9 Å². The van der Waals surface area contributed by atoms with Crippen LogP contribution in [-0.4, -0.2) is 16.1 Å². The predicted octanol–water partition coefficient (Wildman–Crippen LogP) is 5.07. The van der Waals surface area contributed by atoms with Crippen LogP contribution < -0.4 is 10.1 Å². The largest absolute Gasteiger partial charge is 0.474 e. The first-order valence-electron chi connectivity index (χ1n) is 6.93. The number of alkyl halides is 3. The Morgan fingerprint density at radius 1 is 1.35 bits per heavy atom. The van der Waals surface area contributed by atoms with Crippen LogP contribution in [-0.2, 0) is 6.18 Å². The zero-order chi connectivity index (χ0) is 17.0. The molecule has 0 amide bonds. The maximum atomic E-state index is 13.0. The number of nitrogens with one attached hydrogen (secondary N) is 1. The number of hydrogen-bond donors (Lipinski definition) is 1. The highest BCUT2D eigenvalue weighted by Crippen LogP contribution is 2.35. The molecule has 23 heavy (non-hydrogen) atoms. The zero-order valence-electron chi connectivity index (χ0n) is 12.5. The summed E-state index contributed by atoms with van der Waals surface area (Å²) in [5.41, 5.74) is -0.443. The molecule has 1 N–H and O–H groups in total. The molecule has 1 aromatic heterocycles. The van der Waals surface area contributed by atoms with Crippen LogP contribution in [0.5, 0.6) is 5.88 Å². The molecule has 0 saturated carbocycles. The van der Waals surface area contributed by atoms with Crippen LogP contribution in [0.4, 0.5) is 24.8 Å². The third-order valence-corrected chi connectivity index (χ3v) is 3.26. The molecule has 4 nitrogen and oxygen atoms in total. The lowest BCUT2D eigenvalue weighted by atomic mass is 10.3. The van der Waals surface area contributed by atoms with Gasteiger partial charge in [0.2, 0.25) is 11.8 Å². The SMILES string of the molecule is CCC(C)Oc1nc(Nc2cccc(Cl)c2)ncc1C(F)(F)F. The lowest BCUT2D eigenvalue weighted by molar-refractivity contribution is -0.139. The molecule has 0 bridgehead atoms. The normalized spacial score (nSPS) is 12.8. The second-order valence-corrected chi connectivity index (χ2v) is 5.32. The van der Waals surface area contributed by atoms with Gasteiger partial charge < -0.3 is 10.1 Å². The van der Waals surface area contributed by atoms with E-state index < -0.39 is 23.7 Å². The smallest absolute Gasteiger partial charge is 0.423 e. The Labute approximate surface area is 136 Å². The maximum absolute atomic E-state index is 13.0. The third-order valence-electron chi connectivity index (χ3n) is 3.03. The third kappa shape index (κ3) is 4.72. The van der Waals surface area contributed by atoms with Crippen molar-refractivity contribution in [2.45, 2.75) is 32.5 Å². The second kappa shape index (κ2) is 7.04. The molecule has 8 heteroatoms. The van der Waals surface area contributed by atoms with Crippen molar-refractivity contribution in [1.29, 1.82) is 0 Å². The minimum Gasteiger partial charge on any atom is -0.474 e. The van der Waals surface area contributed by atoms with Crippen molar-refractivity contribution >= 4 is 23.2 Å². The predicted molar refractivity (Wildman–Crippen MR) is 82.1 cm³/mol. The Bertz CT molecular complexity index is 679. The van der Waals surface area contributed by atoms with Gasteiger partial charge in [-0.2, -0.15) is 18.2 Å². The van der Waals surface area contributed by atoms with E-state index in [0.29, 0.717) is 23.3 Å². The van der Waals surface area contributed by atoms with Gasteiger partial charge in [-0.25, -0.2) is 4.98 Å². The van der Waals surface area contributed by atoms with Gasteiger partial charge in [0.1, 0.15) is 5.56 Å². The number of aromatic nitrogens is 2. The highest BCUT2D eigenvalue weighted by atomic mass is 35.5. The fourth-order valence-electron chi connectivity index (χ4n) is 1.68. The topological polar surface area (TPSA) is 47.0 Å². The van der Waals surface area contributed by atoms with Crippen molar-refractivity contribution in [3.8, 4) is 5.88 Å². The molecule has 0 spiro atoms. The number of nitrogens with zero attached hydrogens (tertiary/aromatic N) is 2. The molecule has 0 saturated heterocycles. The van der Waals surface area contributed by atoms with Crippen molar-refractivity contribution in [3.63, 3.8) is 0 Å². The molecule has 0 aliphatic rings. The Morgan fingerprint density at radius 2 is 2.09 bits per heavy atom. The number of ether oxygens (including phenoxy) is 1. The molecule has 1 aromatic carbocycles. The molecule has 1 unspecified atom stereocenters.